The Morgan fingerprint density at radius 2 is 2.14 bits per heavy atom. The highest BCUT2D eigenvalue weighted by Crippen LogP contribution is 2.21. The number of benzene rings is 1. The van der Waals surface area contributed by atoms with Crippen LogP contribution in [-0.2, 0) is 0 Å². The van der Waals surface area contributed by atoms with Crippen LogP contribution in [0.25, 0.3) is 10.9 Å². The summed E-state index contributed by atoms with van der Waals surface area (Å²) in [4.78, 5) is 29.5. The second kappa shape index (κ2) is 6.50. The van der Waals surface area contributed by atoms with Gasteiger partial charge in [-0.1, -0.05) is 18.2 Å². The van der Waals surface area contributed by atoms with Crippen molar-refractivity contribution in [3.8, 4) is 0 Å². The minimum atomic E-state index is -0.313. The van der Waals surface area contributed by atoms with E-state index in [1.165, 1.54) is 0 Å². The first-order valence-corrected chi connectivity index (χ1v) is 7.22. The van der Waals surface area contributed by atoms with Gasteiger partial charge in [0.2, 0.25) is 0 Å². The molecule has 6 heteroatoms. The fourth-order valence-corrected chi connectivity index (χ4v) is 3.03. The first-order chi connectivity index (χ1) is 10.1. The number of nitrogens with two attached hydrogens (primary N) is 1. The van der Waals surface area contributed by atoms with Crippen molar-refractivity contribution in [1.29, 1.82) is 0 Å². The summed E-state index contributed by atoms with van der Waals surface area (Å²) in [6.45, 7) is 3.73. The van der Waals surface area contributed by atoms with Crippen molar-refractivity contribution >= 4 is 29.2 Å². The minimum absolute atomic E-state index is 0. The van der Waals surface area contributed by atoms with E-state index in [9.17, 15) is 9.59 Å². The number of hydrogen-bond donors (Lipinski definition) is 2. The molecule has 0 saturated carbocycles. The standard InChI is InChI=1S/C16H19N3O2.ClH/c1-10-12-4-2-3-5-13(12)18-15(20)14(10)16(21)19-7-6-11(8-17)9-19;/h2-5,11H,6-9,17H2,1H3,(H,18,20);1H. The number of halogens is 1. The molecule has 0 aliphatic carbocycles. The molecule has 1 atom stereocenters. The minimum Gasteiger partial charge on any atom is -0.338 e. The second-order valence-electron chi connectivity index (χ2n) is 5.64. The van der Waals surface area contributed by atoms with Crippen LogP contribution < -0.4 is 11.3 Å². The van der Waals surface area contributed by atoms with Crippen LogP contribution in [0.3, 0.4) is 0 Å². The Labute approximate surface area is 134 Å². The summed E-state index contributed by atoms with van der Waals surface area (Å²) in [5, 5.41) is 0.912. The van der Waals surface area contributed by atoms with Gasteiger partial charge in [-0.15, -0.1) is 12.4 Å². The maximum atomic E-state index is 12.7. The molecule has 1 saturated heterocycles. The number of rotatable bonds is 2. The van der Waals surface area contributed by atoms with Gasteiger partial charge >= 0.3 is 0 Å². The van der Waals surface area contributed by atoms with Crippen LogP contribution in [-0.4, -0.2) is 35.4 Å². The molecule has 1 aliphatic rings. The molecule has 1 unspecified atom stereocenters. The van der Waals surface area contributed by atoms with Crippen molar-refractivity contribution in [3.63, 3.8) is 0 Å². The molecule has 2 heterocycles. The molecule has 118 valence electrons. The first-order valence-electron chi connectivity index (χ1n) is 7.22. The van der Waals surface area contributed by atoms with Gasteiger partial charge in [0, 0.05) is 24.0 Å². The van der Waals surface area contributed by atoms with Gasteiger partial charge in [0.1, 0.15) is 5.56 Å². The molecular formula is C16H20ClN3O2. The van der Waals surface area contributed by atoms with Crippen LogP contribution in [0.1, 0.15) is 22.3 Å². The van der Waals surface area contributed by atoms with Gasteiger partial charge in [0.05, 0.1) is 0 Å². The monoisotopic (exact) mass is 321 g/mol. The van der Waals surface area contributed by atoms with Crippen molar-refractivity contribution in [2.75, 3.05) is 19.6 Å². The Balaban J connectivity index is 0.00000176. The van der Waals surface area contributed by atoms with Gasteiger partial charge in [-0.05, 0) is 37.4 Å². The number of aromatic amines is 1. The van der Waals surface area contributed by atoms with Gasteiger partial charge in [0.25, 0.3) is 11.5 Å². The van der Waals surface area contributed by atoms with Crippen molar-refractivity contribution in [2.24, 2.45) is 11.7 Å². The third-order valence-corrected chi connectivity index (χ3v) is 4.30. The molecule has 0 bridgehead atoms. The van der Waals surface area contributed by atoms with Crippen molar-refractivity contribution in [2.45, 2.75) is 13.3 Å². The highest BCUT2D eigenvalue weighted by Gasteiger charge is 2.28. The molecule has 0 radical (unpaired) electrons. The van der Waals surface area contributed by atoms with Crippen molar-refractivity contribution in [1.82, 2.24) is 9.88 Å². The molecule has 1 aromatic carbocycles. The Kier molecular flexibility index (Phi) is 4.88. The lowest BCUT2D eigenvalue weighted by atomic mass is 10.0. The number of fused-ring (bicyclic) bond motifs is 1. The van der Waals surface area contributed by atoms with Crippen LogP contribution in [0, 0.1) is 12.8 Å². The zero-order chi connectivity index (χ0) is 15.0. The number of carbonyl (C=O) groups excluding carboxylic acids is 1. The molecule has 5 nitrogen and oxygen atoms in total. The third kappa shape index (κ3) is 2.74. The van der Waals surface area contributed by atoms with E-state index in [-0.39, 0.29) is 29.4 Å². The Morgan fingerprint density at radius 1 is 1.41 bits per heavy atom. The van der Waals surface area contributed by atoms with E-state index in [2.05, 4.69) is 4.98 Å². The fraction of sp³-hybridized carbons (Fsp3) is 0.375. The van der Waals surface area contributed by atoms with Crippen LogP contribution in [0.4, 0.5) is 0 Å². The predicted molar refractivity (Wildman–Crippen MR) is 89.6 cm³/mol. The van der Waals surface area contributed by atoms with Crippen LogP contribution >= 0.6 is 12.4 Å². The smallest absolute Gasteiger partial charge is 0.261 e. The Hall–Kier alpha value is -1.85. The molecule has 0 spiro atoms. The number of amides is 1. The molecule has 3 rings (SSSR count). The predicted octanol–water partition coefficient (Wildman–Crippen LogP) is 1.68. The number of likely N-dealkylation sites (tertiary alicyclic amines) is 1. The van der Waals surface area contributed by atoms with Crippen LogP contribution in [0.15, 0.2) is 29.1 Å². The van der Waals surface area contributed by atoms with Gasteiger partial charge in [0.15, 0.2) is 0 Å². The number of para-hydroxylation sites is 1. The maximum Gasteiger partial charge on any atom is 0.261 e. The van der Waals surface area contributed by atoms with E-state index in [1.54, 1.807) is 4.90 Å². The van der Waals surface area contributed by atoms with Crippen molar-refractivity contribution < 1.29 is 4.79 Å². The van der Waals surface area contributed by atoms with E-state index in [0.29, 0.717) is 25.6 Å². The second-order valence-corrected chi connectivity index (χ2v) is 5.64. The molecule has 1 amide bonds. The average molecular weight is 322 g/mol. The largest absolute Gasteiger partial charge is 0.338 e. The average Bonchev–Trinajstić information content (AvgIpc) is 2.96. The molecule has 1 fully saturated rings. The number of aryl methyl sites for hydroxylation is 1. The molecule has 1 aromatic heterocycles. The highest BCUT2D eigenvalue weighted by atomic mass is 35.5. The van der Waals surface area contributed by atoms with E-state index >= 15 is 0 Å². The lowest BCUT2D eigenvalue weighted by molar-refractivity contribution is 0.0785. The zero-order valence-electron chi connectivity index (χ0n) is 12.5. The lowest BCUT2D eigenvalue weighted by Crippen LogP contribution is -2.34. The van der Waals surface area contributed by atoms with Crippen molar-refractivity contribution in [3.05, 3.63) is 45.7 Å². The number of pyridine rings is 1. The number of carbonyl (C=O) groups is 1. The zero-order valence-corrected chi connectivity index (χ0v) is 13.3. The first kappa shape index (κ1) is 16.5. The van der Waals surface area contributed by atoms with E-state index < -0.39 is 0 Å². The van der Waals surface area contributed by atoms with Gasteiger partial charge in [-0.2, -0.15) is 0 Å². The van der Waals surface area contributed by atoms with Crippen LogP contribution in [0.2, 0.25) is 0 Å². The number of aromatic nitrogens is 1. The molecule has 22 heavy (non-hydrogen) atoms. The number of nitrogens with zero attached hydrogens (tertiary/aromatic N) is 1. The topological polar surface area (TPSA) is 79.2 Å². The Morgan fingerprint density at radius 3 is 2.82 bits per heavy atom. The summed E-state index contributed by atoms with van der Waals surface area (Å²) in [7, 11) is 0. The van der Waals surface area contributed by atoms with Crippen LogP contribution in [0.5, 0.6) is 0 Å². The Bertz CT molecular complexity index is 757. The molecule has 1 aliphatic heterocycles. The van der Waals surface area contributed by atoms with Gasteiger partial charge < -0.3 is 15.6 Å². The molecular weight excluding hydrogens is 302 g/mol. The number of H-pyrrole nitrogens is 1. The van der Waals surface area contributed by atoms with E-state index in [4.69, 9.17) is 5.73 Å². The fourth-order valence-electron chi connectivity index (χ4n) is 3.03. The van der Waals surface area contributed by atoms with Gasteiger partial charge in [-0.3, -0.25) is 9.59 Å². The summed E-state index contributed by atoms with van der Waals surface area (Å²) >= 11 is 0. The normalized spacial score (nSPS) is 17.5. The SMILES string of the molecule is Cc1c(C(=O)N2CCC(CN)C2)c(=O)[nH]c2ccccc12.Cl. The van der Waals surface area contributed by atoms with E-state index in [1.807, 2.05) is 31.2 Å². The summed E-state index contributed by atoms with van der Waals surface area (Å²) in [5.41, 5.74) is 7.11. The summed E-state index contributed by atoms with van der Waals surface area (Å²) < 4.78 is 0. The lowest BCUT2D eigenvalue weighted by Gasteiger charge is -2.17. The summed E-state index contributed by atoms with van der Waals surface area (Å²) in [5.74, 6) is 0.157. The van der Waals surface area contributed by atoms with E-state index in [0.717, 1.165) is 22.9 Å². The maximum absolute atomic E-state index is 12.7. The molecule has 3 N–H and O–H groups in total. The third-order valence-electron chi connectivity index (χ3n) is 4.30. The van der Waals surface area contributed by atoms with Gasteiger partial charge in [-0.25, -0.2) is 0 Å². The quantitative estimate of drug-likeness (QED) is 0.883. The highest BCUT2D eigenvalue weighted by molar-refractivity contribution is 6.00. The number of nitrogens with one attached hydrogen (secondary N) is 1. The molecule has 2 aromatic rings. The number of hydrogen-bond acceptors (Lipinski definition) is 3. The summed E-state index contributed by atoms with van der Waals surface area (Å²) in [6, 6.07) is 7.54. The summed E-state index contributed by atoms with van der Waals surface area (Å²) in [6.07, 6.45) is 0.909.